The van der Waals surface area contributed by atoms with Gasteiger partial charge < -0.3 is 5.73 Å². The summed E-state index contributed by atoms with van der Waals surface area (Å²) in [6.07, 6.45) is 1.12. The number of likely N-dealkylation sites (N-methyl/N-ethyl adjacent to an activating group) is 1. The normalized spacial score (nSPS) is 13.9. The molecule has 0 aliphatic rings. The van der Waals surface area contributed by atoms with E-state index in [1.807, 2.05) is 0 Å². The van der Waals surface area contributed by atoms with Crippen LogP contribution in [0.15, 0.2) is 42.5 Å². The molecule has 2 N–H and O–H groups in total. The Bertz CT molecular complexity index is 574. The van der Waals surface area contributed by atoms with Gasteiger partial charge in [0.25, 0.3) is 0 Å². The van der Waals surface area contributed by atoms with Crippen LogP contribution in [0.5, 0.6) is 0 Å². The van der Waals surface area contributed by atoms with Gasteiger partial charge >= 0.3 is 0 Å². The summed E-state index contributed by atoms with van der Waals surface area (Å²) < 4.78 is 0. The Morgan fingerprint density at radius 2 is 1.75 bits per heavy atom. The molecule has 0 heterocycles. The SMILES string of the molecule is CCC(C)(C)N(C)CC(N)c1ccc2ccccc2c1. The lowest BCUT2D eigenvalue weighted by atomic mass is 9.97. The predicted molar refractivity (Wildman–Crippen MR) is 87.9 cm³/mol. The molecule has 1 atom stereocenters. The van der Waals surface area contributed by atoms with Crippen LogP contribution < -0.4 is 5.73 Å². The smallest absolute Gasteiger partial charge is 0.0424 e. The summed E-state index contributed by atoms with van der Waals surface area (Å²) in [6.45, 7) is 7.62. The van der Waals surface area contributed by atoms with Gasteiger partial charge in [0, 0.05) is 18.1 Å². The van der Waals surface area contributed by atoms with Gasteiger partial charge in [-0.15, -0.1) is 0 Å². The van der Waals surface area contributed by atoms with Crippen LogP contribution in [0.1, 0.15) is 38.8 Å². The second-order valence-corrected chi connectivity index (χ2v) is 6.26. The van der Waals surface area contributed by atoms with Crippen molar-refractivity contribution in [1.82, 2.24) is 4.90 Å². The van der Waals surface area contributed by atoms with Crippen molar-refractivity contribution >= 4 is 10.8 Å². The molecule has 2 aromatic rings. The Morgan fingerprint density at radius 1 is 1.10 bits per heavy atom. The third-order valence-electron chi connectivity index (χ3n) is 4.57. The summed E-state index contributed by atoms with van der Waals surface area (Å²) in [5.74, 6) is 0. The first kappa shape index (κ1) is 15.0. The zero-order valence-electron chi connectivity index (χ0n) is 13.1. The van der Waals surface area contributed by atoms with Crippen LogP contribution >= 0.6 is 0 Å². The maximum Gasteiger partial charge on any atom is 0.0424 e. The molecule has 0 saturated carbocycles. The summed E-state index contributed by atoms with van der Waals surface area (Å²) in [4.78, 5) is 2.35. The fraction of sp³-hybridized carbons (Fsp3) is 0.444. The largest absolute Gasteiger partial charge is 0.323 e. The van der Waals surface area contributed by atoms with Gasteiger partial charge in [-0.25, -0.2) is 0 Å². The molecular weight excluding hydrogens is 244 g/mol. The van der Waals surface area contributed by atoms with Gasteiger partial charge in [-0.1, -0.05) is 43.3 Å². The van der Waals surface area contributed by atoms with Crippen molar-refractivity contribution in [2.75, 3.05) is 13.6 Å². The van der Waals surface area contributed by atoms with Crippen LogP contribution in [0.2, 0.25) is 0 Å². The van der Waals surface area contributed by atoms with Gasteiger partial charge in [0.15, 0.2) is 0 Å². The molecule has 2 nitrogen and oxygen atoms in total. The highest BCUT2D eigenvalue weighted by molar-refractivity contribution is 5.83. The van der Waals surface area contributed by atoms with Crippen molar-refractivity contribution in [3.8, 4) is 0 Å². The molecule has 0 bridgehead atoms. The van der Waals surface area contributed by atoms with Gasteiger partial charge in [-0.3, -0.25) is 4.90 Å². The Morgan fingerprint density at radius 3 is 2.40 bits per heavy atom. The number of fused-ring (bicyclic) bond motifs is 1. The number of hydrogen-bond donors (Lipinski definition) is 1. The molecule has 2 rings (SSSR count). The number of hydrogen-bond acceptors (Lipinski definition) is 2. The summed E-state index contributed by atoms with van der Waals surface area (Å²) in [7, 11) is 2.16. The van der Waals surface area contributed by atoms with Crippen LogP contribution in [0.25, 0.3) is 10.8 Å². The fourth-order valence-corrected chi connectivity index (χ4v) is 2.36. The van der Waals surface area contributed by atoms with E-state index in [2.05, 4.69) is 75.2 Å². The molecular formula is C18H26N2. The summed E-state index contributed by atoms with van der Waals surface area (Å²) in [6, 6.07) is 15.0. The highest BCUT2D eigenvalue weighted by Crippen LogP contribution is 2.23. The number of nitrogens with two attached hydrogens (primary N) is 1. The van der Waals surface area contributed by atoms with E-state index < -0.39 is 0 Å². The first-order chi connectivity index (χ1) is 9.44. The molecule has 0 aliphatic heterocycles. The van der Waals surface area contributed by atoms with Crippen molar-refractivity contribution in [2.24, 2.45) is 5.73 Å². The monoisotopic (exact) mass is 270 g/mol. The van der Waals surface area contributed by atoms with Crippen LogP contribution in [0, 0.1) is 0 Å². The zero-order valence-corrected chi connectivity index (χ0v) is 13.1. The average Bonchev–Trinajstić information content (AvgIpc) is 2.46. The van der Waals surface area contributed by atoms with E-state index in [1.54, 1.807) is 0 Å². The lowest BCUT2D eigenvalue weighted by Gasteiger charge is -2.36. The Kier molecular flexibility index (Phi) is 4.46. The van der Waals surface area contributed by atoms with Gasteiger partial charge in [-0.05, 0) is 49.7 Å². The molecule has 0 radical (unpaired) electrons. The standard InChI is InChI=1S/C18H26N2/c1-5-18(2,3)20(4)13-17(19)16-11-10-14-8-6-7-9-15(14)12-16/h6-12,17H,5,13,19H2,1-4H3. The quantitative estimate of drug-likeness (QED) is 0.891. The molecule has 0 amide bonds. The predicted octanol–water partition coefficient (Wildman–Crippen LogP) is 3.96. The average molecular weight is 270 g/mol. The second kappa shape index (κ2) is 5.94. The highest BCUT2D eigenvalue weighted by atomic mass is 15.2. The molecule has 0 spiro atoms. The molecule has 0 aromatic heterocycles. The van der Waals surface area contributed by atoms with Crippen molar-refractivity contribution in [3.63, 3.8) is 0 Å². The molecule has 2 heteroatoms. The summed E-state index contributed by atoms with van der Waals surface area (Å²) >= 11 is 0. The molecule has 0 aliphatic carbocycles. The Labute approximate surface area is 122 Å². The Hall–Kier alpha value is -1.38. The maximum atomic E-state index is 6.40. The van der Waals surface area contributed by atoms with E-state index in [1.165, 1.54) is 16.3 Å². The topological polar surface area (TPSA) is 29.3 Å². The van der Waals surface area contributed by atoms with Gasteiger partial charge in [0.2, 0.25) is 0 Å². The molecule has 108 valence electrons. The first-order valence-electron chi connectivity index (χ1n) is 7.39. The minimum Gasteiger partial charge on any atom is -0.323 e. The highest BCUT2D eigenvalue weighted by Gasteiger charge is 2.23. The van der Waals surface area contributed by atoms with E-state index in [-0.39, 0.29) is 11.6 Å². The zero-order chi connectivity index (χ0) is 14.8. The molecule has 0 saturated heterocycles. The number of nitrogens with zero attached hydrogens (tertiary/aromatic N) is 1. The molecule has 2 aromatic carbocycles. The van der Waals surface area contributed by atoms with Crippen LogP contribution in [0.3, 0.4) is 0 Å². The van der Waals surface area contributed by atoms with E-state index in [0.29, 0.717) is 0 Å². The lowest BCUT2D eigenvalue weighted by Crippen LogP contribution is -2.44. The van der Waals surface area contributed by atoms with Crippen molar-refractivity contribution in [3.05, 3.63) is 48.0 Å². The third-order valence-corrected chi connectivity index (χ3v) is 4.57. The molecule has 1 unspecified atom stereocenters. The van der Waals surface area contributed by atoms with Crippen LogP contribution in [0.4, 0.5) is 0 Å². The van der Waals surface area contributed by atoms with Crippen LogP contribution in [-0.2, 0) is 0 Å². The summed E-state index contributed by atoms with van der Waals surface area (Å²) in [5, 5.41) is 2.53. The van der Waals surface area contributed by atoms with E-state index in [9.17, 15) is 0 Å². The second-order valence-electron chi connectivity index (χ2n) is 6.26. The lowest BCUT2D eigenvalue weighted by molar-refractivity contribution is 0.142. The molecule has 20 heavy (non-hydrogen) atoms. The first-order valence-corrected chi connectivity index (χ1v) is 7.39. The fourth-order valence-electron chi connectivity index (χ4n) is 2.36. The maximum absolute atomic E-state index is 6.40. The van der Waals surface area contributed by atoms with Crippen molar-refractivity contribution in [2.45, 2.75) is 38.8 Å². The molecule has 0 fully saturated rings. The third kappa shape index (κ3) is 3.20. The number of rotatable bonds is 5. The van der Waals surface area contributed by atoms with E-state index in [4.69, 9.17) is 5.73 Å². The van der Waals surface area contributed by atoms with Gasteiger partial charge in [0.05, 0.1) is 0 Å². The minimum atomic E-state index is 0.0513. The van der Waals surface area contributed by atoms with Gasteiger partial charge in [0.1, 0.15) is 0 Å². The van der Waals surface area contributed by atoms with E-state index >= 15 is 0 Å². The van der Waals surface area contributed by atoms with Gasteiger partial charge in [-0.2, -0.15) is 0 Å². The minimum absolute atomic E-state index is 0.0513. The van der Waals surface area contributed by atoms with Crippen LogP contribution in [-0.4, -0.2) is 24.0 Å². The summed E-state index contributed by atoms with van der Waals surface area (Å²) in [5.41, 5.74) is 7.80. The van der Waals surface area contributed by atoms with Crippen molar-refractivity contribution < 1.29 is 0 Å². The Balaban J connectivity index is 2.17. The van der Waals surface area contributed by atoms with E-state index in [0.717, 1.165) is 13.0 Å². The number of benzene rings is 2. The van der Waals surface area contributed by atoms with Crippen molar-refractivity contribution in [1.29, 1.82) is 0 Å².